The molecule has 4 rings (SSSR count). The molecule has 0 radical (unpaired) electrons. The number of ketones is 1. The molecule has 318 valence electrons. The Morgan fingerprint density at radius 3 is 2.18 bits per heavy atom. The number of nitrogens with zero attached hydrogens (tertiary/aromatic N) is 2. The Hall–Kier alpha value is -4.70. The summed E-state index contributed by atoms with van der Waals surface area (Å²) in [5.74, 6) is -1.54. The third-order valence-electron chi connectivity index (χ3n) is 10.5. The third kappa shape index (κ3) is 14.6. The van der Waals surface area contributed by atoms with Crippen molar-refractivity contribution in [2.45, 2.75) is 134 Å². The van der Waals surface area contributed by atoms with E-state index in [1.165, 1.54) is 16.7 Å². The van der Waals surface area contributed by atoms with Crippen molar-refractivity contribution in [1.82, 2.24) is 31.1 Å². The highest BCUT2D eigenvalue weighted by Crippen LogP contribution is 2.35. The zero-order valence-electron chi connectivity index (χ0n) is 33.6. The van der Waals surface area contributed by atoms with E-state index >= 15 is 0 Å². The molecule has 4 unspecified atom stereocenters. The lowest BCUT2D eigenvalue weighted by molar-refractivity contribution is -0.244. The van der Waals surface area contributed by atoms with Crippen LogP contribution < -0.4 is 21.3 Å². The first kappa shape index (κ1) is 46.7. The quantitative estimate of drug-likeness (QED) is 0.141. The van der Waals surface area contributed by atoms with E-state index in [9.17, 15) is 46.7 Å². The number of Topliss-reactive ketones (excluding diaryl/α,β-unsaturated/α-hetero) is 1. The van der Waals surface area contributed by atoms with Crippen molar-refractivity contribution in [2.24, 2.45) is 11.8 Å². The molecule has 0 spiro atoms. The van der Waals surface area contributed by atoms with Crippen molar-refractivity contribution in [2.75, 3.05) is 27.2 Å². The van der Waals surface area contributed by atoms with Crippen LogP contribution in [0.4, 0.5) is 18.0 Å². The predicted molar refractivity (Wildman–Crippen MR) is 205 cm³/mol. The number of carbonyl (C=O) groups is 7. The number of hydrogen-bond donors (Lipinski definition) is 4. The maximum atomic E-state index is 13.8. The number of nitrogens with one attached hydrogen (secondary N) is 4. The summed E-state index contributed by atoms with van der Waals surface area (Å²) in [6.45, 7) is 3.07. The largest absolute Gasteiger partial charge is 0.434 e. The molecule has 4 aliphatic rings. The number of halogens is 3. The minimum Gasteiger partial charge on any atom is -0.434 e. The van der Waals surface area contributed by atoms with Crippen molar-refractivity contribution < 1.29 is 51.5 Å². The lowest BCUT2D eigenvalue weighted by atomic mass is 9.90. The standard InChI is InChI=1S/C26H40F3N3O5.C14H19N3O3/c1-16(33)19(15-17-12-13-17)30-22(34)20-11-8-14-32(20)23(35)21(18-9-6-4-5-7-10-18)31-24(36)37-25(2,3)26(27,28)29;1-17(2)14(20)13(16-12(19)9-15-10-18)11-7-5-3-4-6-8-11/h17-21H,4-15H2,1-3H3,(H,30,34)(H,31,36);3,5-8,10,13H,4,9H2,1-2H3,(H,15,18)(H,16,19). The van der Waals surface area contributed by atoms with Crippen molar-refractivity contribution in [3.05, 3.63) is 36.0 Å². The lowest BCUT2D eigenvalue weighted by Crippen LogP contribution is -2.58. The molecule has 17 heteroatoms. The van der Waals surface area contributed by atoms with E-state index in [1.807, 2.05) is 24.3 Å². The molecule has 1 saturated heterocycles. The van der Waals surface area contributed by atoms with Crippen LogP contribution in [-0.2, 0) is 33.5 Å². The summed E-state index contributed by atoms with van der Waals surface area (Å²) in [5, 5.41) is 10.1. The maximum absolute atomic E-state index is 13.8. The van der Waals surface area contributed by atoms with Gasteiger partial charge in [0.1, 0.15) is 18.1 Å². The number of ether oxygens (including phenoxy) is 1. The number of alkyl halides is 3. The van der Waals surface area contributed by atoms with Crippen molar-refractivity contribution in [3.8, 4) is 0 Å². The van der Waals surface area contributed by atoms with Crippen LogP contribution >= 0.6 is 0 Å². The first-order valence-corrected chi connectivity index (χ1v) is 19.7. The molecule has 1 aliphatic heterocycles. The van der Waals surface area contributed by atoms with Crippen molar-refractivity contribution in [1.29, 1.82) is 0 Å². The van der Waals surface area contributed by atoms with Crippen LogP contribution in [-0.4, -0.2) is 115 Å². The minimum absolute atomic E-state index is 0.135. The van der Waals surface area contributed by atoms with Crippen LogP contribution in [0, 0.1) is 11.8 Å². The normalized spacial score (nSPS) is 20.2. The highest BCUT2D eigenvalue weighted by atomic mass is 19.4. The lowest BCUT2D eigenvalue weighted by Gasteiger charge is -2.34. The average Bonchev–Trinajstić information content (AvgIpc) is 3.94. The second-order valence-corrected chi connectivity index (χ2v) is 15.8. The molecule has 0 aromatic heterocycles. The SMILES string of the molecule is CC(=O)C(CC1CC1)NC(=O)C1CCCN1C(=O)C(NC(=O)OC(C)(C)C(F)(F)F)C1CCCCCC1.CN(C)C(=O)C(NC(=O)CNC=O)C1=CC=CCC=C1. The summed E-state index contributed by atoms with van der Waals surface area (Å²) in [6, 6.07) is -3.26. The molecule has 0 aromatic rings. The van der Waals surface area contributed by atoms with Crippen LogP contribution in [0.2, 0.25) is 0 Å². The average molecular weight is 809 g/mol. The van der Waals surface area contributed by atoms with E-state index in [-0.39, 0.29) is 30.7 Å². The van der Waals surface area contributed by atoms with E-state index < -0.39 is 59.8 Å². The third-order valence-corrected chi connectivity index (χ3v) is 10.5. The smallest absolute Gasteiger partial charge is 0.427 e. The summed E-state index contributed by atoms with van der Waals surface area (Å²) >= 11 is 0. The van der Waals surface area contributed by atoms with Crippen molar-refractivity contribution >= 4 is 41.9 Å². The van der Waals surface area contributed by atoms with E-state index in [2.05, 4.69) is 21.3 Å². The zero-order chi connectivity index (χ0) is 42.3. The Labute approximate surface area is 332 Å². The fourth-order valence-electron chi connectivity index (χ4n) is 6.92. The van der Waals surface area contributed by atoms with Gasteiger partial charge in [-0.2, -0.15) is 13.2 Å². The number of amides is 6. The predicted octanol–water partition coefficient (Wildman–Crippen LogP) is 4.01. The first-order chi connectivity index (χ1) is 26.9. The Balaban J connectivity index is 0.000000367. The highest BCUT2D eigenvalue weighted by Gasteiger charge is 2.51. The molecule has 57 heavy (non-hydrogen) atoms. The van der Waals surface area contributed by atoms with Gasteiger partial charge in [0, 0.05) is 20.6 Å². The molecule has 4 N–H and O–H groups in total. The second kappa shape index (κ2) is 21.7. The Bertz CT molecular complexity index is 1530. The van der Waals surface area contributed by atoms with Crippen LogP contribution in [0.3, 0.4) is 0 Å². The Kier molecular flexibility index (Phi) is 17.8. The summed E-state index contributed by atoms with van der Waals surface area (Å²) in [4.78, 5) is 88.5. The van der Waals surface area contributed by atoms with Gasteiger partial charge in [-0.05, 0) is 76.7 Å². The number of allylic oxidation sites excluding steroid dienone is 4. The molecule has 1 heterocycles. The van der Waals surface area contributed by atoms with E-state index in [0.717, 1.165) is 58.8 Å². The van der Waals surface area contributed by atoms with E-state index in [4.69, 9.17) is 4.74 Å². The molecule has 3 fully saturated rings. The topological polar surface area (TPSA) is 183 Å². The van der Waals surface area contributed by atoms with Gasteiger partial charge in [-0.15, -0.1) is 0 Å². The van der Waals surface area contributed by atoms with Gasteiger partial charge in [0.2, 0.25) is 35.6 Å². The van der Waals surface area contributed by atoms with E-state index in [1.54, 1.807) is 20.2 Å². The van der Waals surface area contributed by atoms with Gasteiger partial charge in [-0.3, -0.25) is 28.8 Å². The molecule has 6 amide bonds. The van der Waals surface area contributed by atoms with Crippen LogP contribution in [0.15, 0.2) is 36.0 Å². The molecule has 4 atom stereocenters. The number of carbonyl (C=O) groups excluding carboxylic acids is 7. The molecular formula is C40H59F3N6O8. The highest BCUT2D eigenvalue weighted by molar-refractivity contribution is 5.94. The van der Waals surface area contributed by atoms with Gasteiger partial charge in [-0.1, -0.05) is 68.9 Å². The van der Waals surface area contributed by atoms with Crippen LogP contribution in [0.5, 0.6) is 0 Å². The number of likely N-dealkylation sites (tertiary alicyclic amines) is 1. The van der Waals surface area contributed by atoms with Gasteiger partial charge in [0.25, 0.3) is 0 Å². The molecule has 0 aromatic carbocycles. The molecule has 2 saturated carbocycles. The summed E-state index contributed by atoms with van der Waals surface area (Å²) in [6.07, 6.45) is 13.0. The van der Waals surface area contributed by atoms with Crippen molar-refractivity contribution in [3.63, 3.8) is 0 Å². The second-order valence-electron chi connectivity index (χ2n) is 15.8. The van der Waals surface area contributed by atoms with Crippen LogP contribution in [0.1, 0.15) is 97.8 Å². The monoisotopic (exact) mass is 808 g/mol. The van der Waals surface area contributed by atoms with Gasteiger partial charge in [-0.25, -0.2) is 4.79 Å². The maximum Gasteiger partial charge on any atom is 0.427 e. The Morgan fingerprint density at radius 2 is 1.60 bits per heavy atom. The fourth-order valence-corrected chi connectivity index (χ4v) is 6.92. The van der Waals surface area contributed by atoms with E-state index in [0.29, 0.717) is 50.0 Å². The number of likely N-dealkylation sites (N-methyl/N-ethyl adjacent to an activating group) is 1. The number of alkyl carbamates (subject to hydrolysis) is 1. The van der Waals surface area contributed by atoms with Gasteiger partial charge < -0.3 is 35.8 Å². The summed E-state index contributed by atoms with van der Waals surface area (Å²) in [7, 11) is 3.25. The van der Waals surface area contributed by atoms with Gasteiger partial charge >= 0.3 is 12.3 Å². The minimum atomic E-state index is -4.78. The van der Waals surface area contributed by atoms with Gasteiger partial charge in [0.15, 0.2) is 5.78 Å². The van der Waals surface area contributed by atoms with Crippen LogP contribution in [0.25, 0.3) is 0 Å². The molecule has 14 nitrogen and oxygen atoms in total. The number of hydrogen-bond acceptors (Lipinski definition) is 8. The summed E-state index contributed by atoms with van der Waals surface area (Å²) in [5.41, 5.74) is -2.02. The molecule has 0 bridgehead atoms. The first-order valence-electron chi connectivity index (χ1n) is 19.7. The van der Waals surface area contributed by atoms with Gasteiger partial charge in [0.05, 0.1) is 12.6 Å². The zero-order valence-corrected chi connectivity index (χ0v) is 33.6. The fraction of sp³-hybridized carbons (Fsp3) is 0.675. The number of rotatable bonds is 15. The molecule has 3 aliphatic carbocycles. The molecular weight excluding hydrogens is 749 g/mol. The Morgan fingerprint density at radius 1 is 0.930 bits per heavy atom. The summed E-state index contributed by atoms with van der Waals surface area (Å²) < 4.78 is 44.5.